The summed E-state index contributed by atoms with van der Waals surface area (Å²) >= 11 is 0. The molecule has 0 spiro atoms. The third-order valence-corrected chi connectivity index (χ3v) is 11.4. The van der Waals surface area contributed by atoms with Gasteiger partial charge in [-0.15, -0.1) is 0 Å². The van der Waals surface area contributed by atoms with Gasteiger partial charge in [-0.3, -0.25) is 14.5 Å². The first-order chi connectivity index (χ1) is 27.7. The largest absolute Gasteiger partial charge is 0.497 e. The summed E-state index contributed by atoms with van der Waals surface area (Å²) in [6.45, 7) is 4.06. The summed E-state index contributed by atoms with van der Waals surface area (Å²) in [6, 6.07) is 28.4. The number of hydrogen-bond acceptors (Lipinski definition) is 8. The molecule has 2 amide bonds. The van der Waals surface area contributed by atoms with E-state index < -0.39 is 23.8 Å². The summed E-state index contributed by atoms with van der Waals surface area (Å²) < 4.78 is 21.5. The number of rotatable bonds is 15. The van der Waals surface area contributed by atoms with Gasteiger partial charge in [-0.05, 0) is 114 Å². The molecule has 4 unspecified atom stereocenters. The molecule has 1 saturated carbocycles. The number of carbonyl (C=O) groups excluding carboxylic acids is 4. The minimum Gasteiger partial charge on any atom is -0.497 e. The molecule has 57 heavy (non-hydrogen) atoms. The number of esters is 2. The number of amides is 2. The van der Waals surface area contributed by atoms with Crippen LogP contribution in [0.4, 0.5) is 5.69 Å². The molecule has 1 heterocycles. The van der Waals surface area contributed by atoms with Crippen LogP contribution in [0.3, 0.4) is 0 Å². The SMILES string of the molecule is CCC(CC(c1ccc(OC(=O)/C=C/c2ccc(OC)cc2)cc1)C1C(=O)N(c2ccc(OC(=O)/C=C/c3ccc(OC)cc3)cc2)C(=O)C1C)C1CCCCC1. The smallest absolute Gasteiger partial charge is 0.336 e. The lowest BCUT2D eigenvalue weighted by atomic mass is 9.69. The van der Waals surface area contributed by atoms with Crippen LogP contribution in [0.1, 0.15) is 81.4 Å². The number of hydrogen-bond donors (Lipinski definition) is 0. The Bertz CT molecular complexity index is 2050. The van der Waals surface area contributed by atoms with Gasteiger partial charge in [-0.1, -0.05) is 88.8 Å². The molecule has 2 aliphatic rings. The molecule has 0 N–H and O–H groups in total. The van der Waals surface area contributed by atoms with Crippen molar-refractivity contribution in [1.29, 1.82) is 0 Å². The molecule has 296 valence electrons. The van der Waals surface area contributed by atoms with Gasteiger partial charge >= 0.3 is 11.9 Å². The second kappa shape index (κ2) is 19.3. The van der Waals surface area contributed by atoms with E-state index >= 15 is 0 Å². The Morgan fingerprint density at radius 2 is 1.14 bits per heavy atom. The third-order valence-electron chi connectivity index (χ3n) is 11.4. The van der Waals surface area contributed by atoms with Gasteiger partial charge in [0.25, 0.3) is 0 Å². The van der Waals surface area contributed by atoms with Gasteiger partial charge in [0.1, 0.15) is 23.0 Å². The number of methoxy groups -OCH3 is 2. The fourth-order valence-corrected chi connectivity index (χ4v) is 8.22. The Kier molecular flexibility index (Phi) is 13.8. The van der Waals surface area contributed by atoms with Gasteiger partial charge in [0, 0.05) is 18.1 Å². The van der Waals surface area contributed by atoms with Crippen molar-refractivity contribution in [3.05, 3.63) is 126 Å². The van der Waals surface area contributed by atoms with Crippen molar-refractivity contribution in [2.45, 2.75) is 64.7 Å². The first-order valence-electron chi connectivity index (χ1n) is 19.8. The van der Waals surface area contributed by atoms with Crippen molar-refractivity contribution in [2.24, 2.45) is 23.7 Å². The monoisotopic (exact) mass is 769 g/mol. The van der Waals surface area contributed by atoms with E-state index in [1.54, 1.807) is 74.9 Å². The molecule has 0 aromatic heterocycles. The number of anilines is 1. The summed E-state index contributed by atoms with van der Waals surface area (Å²) in [7, 11) is 3.19. The molecule has 4 aromatic rings. The molecular weight excluding hydrogens is 719 g/mol. The van der Waals surface area contributed by atoms with Gasteiger partial charge in [0.2, 0.25) is 11.8 Å². The van der Waals surface area contributed by atoms with Gasteiger partial charge in [-0.25, -0.2) is 9.59 Å². The number of imide groups is 1. The highest BCUT2D eigenvalue weighted by Gasteiger charge is 2.50. The summed E-state index contributed by atoms with van der Waals surface area (Å²) in [5.74, 6) is 0.142. The average Bonchev–Trinajstić information content (AvgIpc) is 3.47. The van der Waals surface area contributed by atoms with E-state index in [0.29, 0.717) is 29.0 Å². The lowest BCUT2D eigenvalue weighted by Crippen LogP contribution is -2.32. The van der Waals surface area contributed by atoms with Crippen molar-refractivity contribution in [1.82, 2.24) is 0 Å². The van der Waals surface area contributed by atoms with Crippen molar-refractivity contribution < 1.29 is 38.1 Å². The Balaban J connectivity index is 1.18. The van der Waals surface area contributed by atoms with E-state index in [2.05, 4.69) is 6.92 Å². The van der Waals surface area contributed by atoms with Gasteiger partial charge in [0.05, 0.1) is 25.8 Å². The Morgan fingerprint density at radius 1 is 0.667 bits per heavy atom. The van der Waals surface area contributed by atoms with Crippen molar-refractivity contribution in [3.63, 3.8) is 0 Å². The molecule has 0 bridgehead atoms. The van der Waals surface area contributed by atoms with Gasteiger partial charge in [0.15, 0.2) is 0 Å². The maximum absolute atomic E-state index is 14.5. The molecule has 9 nitrogen and oxygen atoms in total. The predicted octanol–water partition coefficient (Wildman–Crippen LogP) is 9.85. The minimum atomic E-state index is -0.587. The van der Waals surface area contributed by atoms with Gasteiger partial charge < -0.3 is 18.9 Å². The number of nitrogens with zero attached hydrogens (tertiary/aromatic N) is 1. The highest BCUT2D eigenvalue weighted by molar-refractivity contribution is 6.22. The Labute approximate surface area is 335 Å². The Hall–Kier alpha value is -5.96. The molecule has 1 aliphatic heterocycles. The second-order valence-electron chi connectivity index (χ2n) is 14.9. The maximum atomic E-state index is 14.5. The molecule has 2 fully saturated rings. The summed E-state index contributed by atoms with van der Waals surface area (Å²) in [5, 5.41) is 0. The second-order valence-corrected chi connectivity index (χ2v) is 14.9. The van der Waals surface area contributed by atoms with Crippen molar-refractivity contribution in [2.75, 3.05) is 19.1 Å². The lowest BCUT2D eigenvalue weighted by Gasteiger charge is -2.34. The van der Waals surface area contributed by atoms with Crippen LogP contribution < -0.4 is 23.8 Å². The standard InChI is InChI=1S/C48H51NO8/c1-5-35(36-9-7-6-8-10-36)31-43(37-17-25-41(26-18-37)56-44(50)29-15-33-11-21-39(54-3)22-12-33)46-32(2)47(52)49(48(46)53)38-19-27-42(28-20-38)57-45(51)30-16-34-13-23-40(55-4)24-14-34/h11-30,32,35-36,43,46H,5-10,31H2,1-4H3/b29-15+,30-16+. The fraction of sp³-hybridized carbons (Fsp3) is 0.333. The first-order valence-corrected chi connectivity index (χ1v) is 19.8. The average molecular weight is 770 g/mol. The van der Waals surface area contributed by atoms with E-state index in [-0.39, 0.29) is 17.7 Å². The van der Waals surface area contributed by atoms with E-state index in [9.17, 15) is 19.2 Å². The molecule has 1 aliphatic carbocycles. The summed E-state index contributed by atoms with van der Waals surface area (Å²) in [5.41, 5.74) is 3.01. The first kappa shape index (κ1) is 40.7. The third kappa shape index (κ3) is 10.3. The van der Waals surface area contributed by atoms with Crippen LogP contribution in [0.2, 0.25) is 0 Å². The Morgan fingerprint density at radius 3 is 1.61 bits per heavy atom. The zero-order valence-electron chi connectivity index (χ0n) is 33.1. The molecule has 4 aromatic carbocycles. The van der Waals surface area contributed by atoms with Crippen molar-refractivity contribution in [3.8, 4) is 23.0 Å². The zero-order chi connectivity index (χ0) is 40.3. The quantitative estimate of drug-likeness (QED) is 0.0509. The summed E-state index contributed by atoms with van der Waals surface area (Å²) in [6.07, 6.45) is 13.8. The summed E-state index contributed by atoms with van der Waals surface area (Å²) in [4.78, 5) is 55.0. The molecule has 4 atom stereocenters. The fourth-order valence-electron chi connectivity index (χ4n) is 8.22. The number of carbonyl (C=O) groups is 4. The van der Waals surface area contributed by atoms with E-state index in [1.807, 2.05) is 55.5 Å². The normalized spacial score (nSPS) is 18.5. The maximum Gasteiger partial charge on any atom is 0.336 e. The van der Waals surface area contributed by atoms with E-state index in [0.717, 1.165) is 41.0 Å². The van der Waals surface area contributed by atoms with Crippen LogP contribution in [-0.4, -0.2) is 38.0 Å². The molecule has 9 heteroatoms. The molecule has 1 saturated heterocycles. The number of benzene rings is 4. The molecular formula is C48H51NO8. The lowest BCUT2D eigenvalue weighted by molar-refractivity contribution is -0.129. The van der Waals surface area contributed by atoms with Crippen LogP contribution in [0.15, 0.2) is 109 Å². The van der Waals surface area contributed by atoms with Crippen LogP contribution >= 0.6 is 0 Å². The minimum absolute atomic E-state index is 0.231. The van der Waals surface area contributed by atoms with E-state index in [4.69, 9.17) is 18.9 Å². The highest BCUT2D eigenvalue weighted by atomic mass is 16.5. The number of ether oxygens (including phenoxy) is 4. The van der Waals surface area contributed by atoms with Crippen LogP contribution in [-0.2, 0) is 19.2 Å². The molecule has 0 radical (unpaired) electrons. The van der Waals surface area contributed by atoms with E-state index in [1.165, 1.54) is 49.2 Å². The van der Waals surface area contributed by atoms with Crippen LogP contribution in [0, 0.1) is 23.7 Å². The van der Waals surface area contributed by atoms with Crippen LogP contribution in [0.25, 0.3) is 12.2 Å². The predicted molar refractivity (Wildman–Crippen MR) is 221 cm³/mol. The van der Waals surface area contributed by atoms with Crippen molar-refractivity contribution >= 4 is 41.6 Å². The zero-order valence-corrected chi connectivity index (χ0v) is 33.1. The highest BCUT2D eigenvalue weighted by Crippen LogP contribution is 2.46. The topological polar surface area (TPSA) is 108 Å². The van der Waals surface area contributed by atoms with Gasteiger partial charge in [-0.2, -0.15) is 0 Å². The molecule has 6 rings (SSSR count). The van der Waals surface area contributed by atoms with Crippen LogP contribution in [0.5, 0.6) is 23.0 Å².